The van der Waals surface area contributed by atoms with Gasteiger partial charge in [0.2, 0.25) is 0 Å². The van der Waals surface area contributed by atoms with E-state index in [-0.39, 0.29) is 41.8 Å². The number of hydrogen-bond acceptors (Lipinski definition) is 9. The number of rotatable bonds is 17. The van der Waals surface area contributed by atoms with E-state index in [0.29, 0.717) is 5.56 Å². The summed E-state index contributed by atoms with van der Waals surface area (Å²) in [6.45, 7) is -2.82. The second-order valence-corrected chi connectivity index (χ2v) is 12.1. The third kappa shape index (κ3) is 8.12. The summed E-state index contributed by atoms with van der Waals surface area (Å²) in [7, 11) is 0. The van der Waals surface area contributed by atoms with Crippen molar-refractivity contribution in [3.05, 3.63) is 103 Å². The van der Waals surface area contributed by atoms with Crippen LogP contribution in [0.4, 0.5) is 17.1 Å². The van der Waals surface area contributed by atoms with Gasteiger partial charge in [0.15, 0.2) is 0 Å². The molecule has 0 saturated carbocycles. The Labute approximate surface area is 301 Å². The highest BCUT2D eigenvalue weighted by Crippen LogP contribution is 2.37. The number of anilines is 3. The summed E-state index contributed by atoms with van der Waals surface area (Å²) in [5, 5.41) is 46.4. The van der Waals surface area contributed by atoms with E-state index in [0.717, 1.165) is 42.1 Å². The van der Waals surface area contributed by atoms with Crippen LogP contribution in [0, 0.1) is 0 Å². The number of nitrogens with one attached hydrogen (secondary N) is 1. The van der Waals surface area contributed by atoms with Crippen molar-refractivity contribution in [2.75, 3.05) is 54.5 Å². The van der Waals surface area contributed by atoms with Crippen molar-refractivity contribution in [2.24, 2.45) is 0 Å². The van der Waals surface area contributed by atoms with Gasteiger partial charge in [-0.15, -0.1) is 0 Å². The molecule has 6 rings (SSSR count). The highest BCUT2D eigenvalue weighted by Gasteiger charge is 2.22. The second kappa shape index (κ2) is 15.4. The predicted molar refractivity (Wildman–Crippen MR) is 197 cm³/mol. The van der Waals surface area contributed by atoms with E-state index in [1.807, 2.05) is 48.5 Å². The zero-order chi connectivity index (χ0) is 37.6. The number of carbonyl (C=O) groups is 5. The maximum absolute atomic E-state index is 13.8. The lowest BCUT2D eigenvalue weighted by molar-refractivity contribution is -0.138. The third-order valence-corrected chi connectivity index (χ3v) is 8.44. The van der Waals surface area contributed by atoms with E-state index in [1.54, 1.807) is 18.2 Å². The van der Waals surface area contributed by atoms with E-state index in [9.17, 15) is 44.4 Å². The Morgan fingerprint density at radius 3 is 1.64 bits per heavy atom. The molecular formula is C39H33N3O11. The number of carboxylic acids is 4. The van der Waals surface area contributed by atoms with Crippen LogP contribution in [-0.4, -0.2) is 89.6 Å². The highest BCUT2D eigenvalue weighted by atomic mass is 16.5. The standard InChI is InChI=1S/C39H33N3O11/c43-33(44)19-41(20-34(45)46)29-6-1-2-7-31(29)52-16-17-53-32-18-26(12-15-30(32)42(21-35(47)48)22-36(49)50)40-39(51)28-14-11-25-9-8-23-4-3-5-24-10-13-27(28)38(25)37(23)24/h1-15,18H,16-17,19-22H2,(H,40,51)(H,43,44)(H,45,46)(H,47,48)(H,49,50). The molecule has 0 bridgehead atoms. The average molecular weight is 720 g/mol. The number of carbonyl (C=O) groups excluding carboxylic acids is 1. The molecule has 0 aliphatic rings. The van der Waals surface area contributed by atoms with Crippen LogP contribution in [0.3, 0.4) is 0 Å². The summed E-state index contributed by atoms with van der Waals surface area (Å²) < 4.78 is 11.9. The molecule has 0 fully saturated rings. The van der Waals surface area contributed by atoms with E-state index in [4.69, 9.17) is 9.47 Å². The molecule has 0 aliphatic carbocycles. The van der Waals surface area contributed by atoms with Crippen molar-refractivity contribution in [1.29, 1.82) is 0 Å². The van der Waals surface area contributed by atoms with Crippen LogP contribution in [-0.2, 0) is 19.2 Å². The Morgan fingerprint density at radius 2 is 1.04 bits per heavy atom. The van der Waals surface area contributed by atoms with Gasteiger partial charge in [-0.1, -0.05) is 60.7 Å². The van der Waals surface area contributed by atoms with Crippen molar-refractivity contribution in [1.82, 2.24) is 0 Å². The molecule has 5 N–H and O–H groups in total. The minimum atomic E-state index is -1.28. The van der Waals surface area contributed by atoms with Gasteiger partial charge in [0.1, 0.15) is 50.9 Å². The molecule has 0 heterocycles. The van der Waals surface area contributed by atoms with Crippen LogP contribution in [0.25, 0.3) is 32.3 Å². The average Bonchev–Trinajstić information content (AvgIpc) is 3.11. The molecule has 0 saturated heterocycles. The summed E-state index contributed by atoms with van der Waals surface area (Å²) in [4.78, 5) is 62.2. The number of para-hydroxylation sites is 2. The Morgan fingerprint density at radius 1 is 0.528 bits per heavy atom. The number of amides is 1. The monoisotopic (exact) mass is 719 g/mol. The smallest absolute Gasteiger partial charge is 0.323 e. The third-order valence-electron chi connectivity index (χ3n) is 8.44. The fourth-order valence-electron chi connectivity index (χ4n) is 6.35. The van der Waals surface area contributed by atoms with Gasteiger partial charge < -0.3 is 45.0 Å². The summed E-state index contributed by atoms with van der Waals surface area (Å²) in [6.07, 6.45) is 0. The largest absolute Gasteiger partial charge is 0.488 e. The highest BCUT2D eigenvalue weighted by molar-refractivity contribution is 6.27. The number of hydrogen-bond donors (Lipinski definition) is 5. The van der Waals surface area contributed by atoms with Crippen molar-refractivity contribution < 1.29 is 53.9 Å². The Bertz CT molecular complexity index is 2310. The molecule has 53 heavy (non-hydrogen) atoms. The van der Waals surface area contributed by atoms with E-state index in [1.165, 1.54) is 30.3 Å². The van der Waals surface area contributed by atoms with Gasteiger partial charge >= 0.3 is 23.9 Å². The first-order chi connectivity index (χ1) is 25.5. The molecule has 0 aromatic heterocycles. The molecule has 6 aromatic rings. The van der Waals surface area contributed by atoms with E-state index < -0.39 is 56.0 Å². The Kier molecular flexibility index (Phi) is 10.4. The van der Waals surface area contributed by atoms with Gasteiger partial charge in [-0.2, -0.15) is 0 Å². The molecule has 6 aromatic carbocycles. The number of aliphatic carboxylic acids is 4. The molecule has 0 aliphatic heterocycles. The maximum atomic E-state index is 13.8. The van der Waals surface area contributed by atoms with Crippen LogP contribution in [0.5, 0.6) is 11.5 Å². The van der Waals surface area contributed by atoms with Gasteiger partial charge in [0.25, 0.3) is 5.91 Å². The summed E-state index contributed by atoms with van der Waals surface area (Å²) in [5.41, 5.74) is 1.07. The molecule has 0 radical (unpaired) electrons. The lowest BCUT2D eigenvalue weighted by Crippen LogP contribution is -2.35. The Hall–Kier alpha value is -7.09. The van der Waals surface area contributed by atoms with Gasteiger partial charge in [-0.25, -0.2) is 0 Å². The number of ether oxygens (including phenoxy) is 2. The molecule has 0 unspecified atom stereocenters. The van der Waals surface area contributed by atoms with Crippen molar-refractivity contribution in [3.63, 3.8) is 0 Å². The van der Waals surface area contributed by atoms with Crippen molar-refractivity contribution in [2.45, 2.75) is 0 Å². The normalized spacial score (nSPS) is 11.0. The lowest BCUT2D eigenvalue weighted by Gasteiger charge is -2.25. The molecule has 270 valence electrons. The van der Waals surface area contributed by atoms with Crippen LogP contribution in [0.15, 0.2) is 97.1 Å². The molecule has 0 atom stereocenters. The SMILES string of the molecule is O=C(O)CN(CC(=O)O)c1ccccc1OCCOc1cc(NC(=O)c2ccc3ccc4cccc5ccc2c3c45)ccc1N(CC(=O)O)CC(=O)O. The summed E-state index contributed by atoms with van der Waals surface area (Å²) >= 11 is 0. The summed E-state index contributed by atoms with van der Waals surface area (Å²) in [5.74, 6) is -5.22. The first-order valence-electron chi connectivity index (χ1n) is 16.3. The zero-order valence-electron chi connectivity index (χ0n) is 28.0. The first kappa shape index (κ1) is 35.7. The molecule has 14 heteroatoms. The van der Waals surface area contributed by atoms with Crippen molar-refractivity contribution in [3.8, 4) is 11.5 Å². The lowest BCUT2D eigenvalue weighted by atomic mass is 9.92. The maximum Gasteiger partial charge on any atom is 0.323 e. The molecule has 1 amide bonds. The topological polar surface area (TPSA) is 203 Å². The fourth-order valence-corrected chi connectivity index (χ4v) is 6.35. The van der Waals surface area contributed by atoms with Crippen LogP contribution >= 0.6 is 0 Å². The minimum Gasteiger partial charge on any atom is -0.488 e. The Balaban J connectivity index is 1.26. The van der Waals surface area contributed by atoms with E-state index in [2.05, 4.69) is 5.32 Å². The number of carboxylic acid groups (broad SMARTS) is 4. The van der Waals surface area contributed by atoms with Crippen molar-refractivity contribution >= 4 is 79.2 Å². The van der Waals surface area contributed by atoms with Gasteiger partial charge in [0.05, 0.1) is 11.4 Å². The first-order valence-corrected chi connectivity index (χ1v) is 16.3. The van der Waals surface area contributed by atoms with Gasteiger partial charge in [-0.3, -0.25) is 24.0 Å². The number of nitrogens with zero attached hydrogens (tertiary/aromatic N) is 2. The zero-order valence-corrected chi connectivity index (χ0v) is 28.0. The molecule has 0 spiro atoms. The van der Waals surface area contributed by atoms with Gasteiger partial charge in [-0.05, 0) is 62.6 Å². The molecule has 14 nitrogen and oxygen atoms in total. The minimum absolute atomic E-state index is 0.0518. The second-order valence-electron chi connectivity index (χ2n) is 12.1. The van der Waals surface area contributed by atoms with E-state index >= 15 is 0 Å². The number of benzene rings is 6. The predicted octanol–water partition coefficient (Wildman–Crippen LogP) is 5.25. The fraction of sp³-hybridized carbons (Fsp3) is 0.154. The van der Waals surface area contributed by atoms with Crippen LogP contribution < -0.4 is 24.6 Å². The van der Waals surface area contributed by atoms with Gasteiger partial charge in [0, 0.05) is 17.3 Å². The quantitative estimate of drug-likeness (QED) is 0.0605. The molecular weight excluding hydrogens is 686 g/mol. The van der Waals surface area contributed by atoms with Crippen LogP contribution in [0.1, 0.15) is 10.4 Å². The summed E-state index contributed by atoms with van der Waals surface area (Å²) in [6, 6.07) is 28.3. The van der Waals surface area contributed by atoms with Crippen LogP contribution in [0.2, 0.25) is 0 Å².